The SMILES string of the molecule is CC(CN=C=O)/C(C(=O)O)=C(\C(=O)O)C(C)CN=C=O. The smallest absolute Gasteiger partial charge is 0.332 e. The fourth-order valence-electron chi connectivity index (χ4n) is 1.71. The van der Waals surface area contributed by atoms with Gasteiger partial charge in [0.05, 0.1) is 24.2 Å². The van der Waals surface area contributed by atoms with Crippen LogP contribution < -0.4 is 0 Å². The van der Waals surface area contributed by atoms with Gasteiger partial charge in [0, 0.05) is 11.8 Å². The molecule has 0 saturated carbocycles. The van der Waals surface area contributed by atoms with Crippen molar-refractivity contribution >= 4 is 24.1 Å². The zero-order chi connectivity index (χ0) is 15.7. The van der Waals surface area contributed by atoms with Gasteiger partial charge in [0.1, 0.15) is 0 Å². The minimum atomic E-state index is -1.42. The van der Waals surface area contributed by atoms with E-state index in [1.54, 1.807) is 0 Å². The molecule has 2 atom stereocenters. The van der Waals surface area contributed by atoms with Crippen molar-refractivity contribution in [1.29, 1.82) is 0 Å². The summed E-state index contributed by atoms with van der Waals surface area (Å²) in [6, 6.07) is 0. The molecule has 0 aromatic carbocycles. The Morgan fingerprint density at radius 1 is 0.900 bits per heavy atom. The third kappa shape index (κ3) is 4.97. The molecular formula is C12H14N2O6. The molecule has 2 unspecified atom stereocenters. The Labute approximate surface area is 114 Å². The number of rotatable bonds is 8. The summed E-state index contributed by atoms with van der Waals surface area (Å²) in [7, 11) is 0. The lowest BCUT2D eigenvalue weighted by Crippen LogP contribution is -2.23. The van der Waals surface area contributed by atoms with E-state index in [1.807, 2.05) is 0 Å². The molecule has 0 heterocycles. The number of carbonyl (C=O) groups is 2. The predicted octanol–water partition coefficient (Wildman–Crippen LogP) is 0.396. The maximum atomic E-state index is 11.3. The van der Waals surface area contributed by atoms with Crippen molar-refractivity contribution in [3.8, 4) is 0 Å². The molecule has 0 radical (unpaired) electrons. The van der Waals surface area contributed by atoms with Crippen molar-refractivity contribution < 1.29 is 29.4 Å². The van der Waals surface area contributed by atoms with E-state index in [0.717, 1.165) is 0 Å². The second-order valence-corrected chi connectivity index (χ2v) is 4.10. The summed E-state index contributed by atoms with van der Waals surface area (Å²) in [6.07, 6.45) is 2.53. The monoisotopic (exact) mass is 282 g/mol. The zero-order valence-electron chi connectivity index (χ0n) is 11.0. The molecular weight excluding hydrogens is 268 g/mol. The van der Waals surface area contributed by atoms with E-state index in [2.05, 4.69) is 9.98 Å². The molecule has 0 aliphatic heterocycles. The van der Waals surface area contributed by atoms with Gasteiger partial charge in [-0.15, -0.1) is 0 Å². The summed E-state index contributed by atoms with van der Waals surface area (Å²) in [5.41, 5.74) is -0.741. The summed E-state index contributed by atoms with van der Waals surface area (Å²) in [4.78, 5) is 49.1. The van der Waals surface area contributed by atoms with Crippen molar-refractivity contribution in [2.75, 3.05) is 13.1 Å². The normalized spacial score (nSPS) is 14.1. The summed E-state index contributed by atoms with van der Waals surface area (Å²) < 4.78 is 0. The number of nitrogens with zero attached hydrogens (tertiary/aromatic N) is 2. The molecule has 108 valence electrons. The number of hydrogen-bond donors (Lipinski definition) is 2. The van der Waals surface area contributed by atoms with Crippen LogP contribution in [0.25, 0.3) is 0 Å². The van der Waals surface area contributed by atoms with Crippen molar-refractivity contribution in [3.63, 3.8) is 0 Å². The summed E-state index contributed by atoms with van der Waals surface area (Å²) in [6.45, 7) is 2.49. The summed E-state index contributed by atoms with van der Waals surface area (Å²) >= 11 is 0. The highest BCUT2D eigenvalue weighted by molar-refractivity contribution is 5.99. The van der Waals surface area contributed by atoms with E-state index in [9.17, 15) is 19.2 Å². The highest BCUT2D eigenvalue weighted by Gasteiger charge is 2.28. The molecule has 0 aliphatic rings. The van der Waals surface area contributed by atoms with Gasteiger partial charge in [-0.1, -0.05) is 13.8 Å². The van der Waals surface area contributed by atoms with Crippen LogP contribution in [-0.4, -0.2) is 47.4 Å². The molecule has 0 amide bonds. The lowest BCUT2D eigenvalue weighted by Gasteiger charge is -2.17. The summed E-state index contributed by atoms with van der Waals surface area (Å²) in [5.74, 6) is -4.42. The first-order valence-electron chi connectivity index (χ1n) is 5.64. The number of hydrogen-bond acceptors (Lipinski definition) is 6. The van der Waals surface area contributed by atoms with E-state index in [4.69, 9.17) is 10.2 Å². The first-order valence-corrected chi connectivity index (χ1v) is 5.64. The number of isocyanates is 2. The highest BCUT2D eigenvalue weighted by atomic mass is 16.4. The molecule has 0 bridgehead atoms. The molecule has 0 aliphatic carbocycles. The largest absolute Gasteiger partial charge is 0.478 e. The number of carboxylic acid groups (broad SMARTS) is 2. The van der Waals surface area contributed by atoms with Gasteiger partial charge in [0.25, 0.3) is 0 Å². The van der Waals surface area contributed by atoms with Crippen LogP contribution in [0.4, 0.5) is 0 Å². The van der Waals surface area contributed by atoms with Crippen molar-refractivity contribution in [3.05, 3.63) is 11.1 Å². The Morgan fingerprint density at radius 2 is 1.20 bits per heavy atom. The fourth-order valence-corrected chi connectivity index (χ4v) is 1.71. The van der Waals surface area contributed by atoms with Crippen molar-refractivity contribution in [2.24, 2.45) is 21.8 Å². The first-order chi connectivity index (χ1) is 9.36. The molecule has 8 heteroatoms. The molecule has 20 heavy (non-hydrogen) atoms. The molecule has 0 aromatic heterocycles. The van der Waals surface area contributed by atoms with Gasteiger partial charge in [-0.2, -0.15) is 0 Å². The molecule has 2 N–H and O–H groups in total. The lowest BCUT2D eigenvalue weighted by atomic mass is 9.88. The van der Waals surface area contributed by atoms with Gasteiger partial charge in [-0.25, -0.2) is 29.2 Å². The van der Waals surface area contributed by atoms with Crippen LogP contribution in [0.2, 0.25) is 0 Å². The Balaban J connectivity index is 5.77. The first kappa shape index (κ1) is 17.4. The van der Waals surface area contributed by atoms with Crippen LogP contribution in [0.3, 0.4) is 0 Å². The highest BCUT2D eigenvalue weighted by Crippen LogP contribution is 2.23. The number of carbonyl (C=O) groups excluding carboxylic acids is 2. The van der Waals surface area contributed by atoms with E-state index in [-0.39, 0.29) is 24.2 Å². The summed E-state index contributed by atoms with van der Waals surface area (Å²) in [5, 5.41) is 18.3. The third-order valence-corrected chi connectivity index (χ3v) is 2.60. The number of carboxylic acids is 2. The van der Waals surface area contributed by atoms with Crippen LogP contribution in [0, 0.1) is 11.8 Å². The van der Waals surface area contributed by atoms with Gasteiger partial charge in [-0.3, -0.25) is 0 Å². The van der Waals surface area contributed by atoms with Gasteiger partial charge >= 0.3 is 11.9 Å². The molecule has 0 saturated heterocycles. The molecule has 0 aromatic rings. The van der Waals surface area contributed by atoms with Crippen LogP contribution in [0.5, 0.6) is 0 Å². The third-order valence-electron chi connectivity index (χ3n) is 2.60. The van der Waals surface area contributed by atoms with Crippen LogP contribution in [-0.2, 0) is 19.2 Å². The maximum Gasteiger partial charge on any atom is 0.332 e. The minimum Gasteiger partial charge on any atom is -0.478 e. The van der Waals surface area contributed by atoms with Crippen LogP contribution in [0.1, 0.15) is 13.8 Å². The standard InChI is InChI=1S/C12H14N2O6/c1-7(3-13-5-15)9(11(17)18)10(12(19)20)8(2)4-14-6-16/h7-8H,3-4H2,1-2H3,(H,17,18)(H,19,20)/b10-9+. The molecule has 0 fully saturated rings. The average Bonchev–Trinajstić information content (AvgIpc) is 2.38. The van der Waals surface area contributed by atoms with Crippen molar-refractivity contribution in [1.82, 2.24) is 0 Å². The van der Waals surface area contributed by atoms with Gasteiger partial charge in [0.2, 0.25) is 12.2 Å². The van der Waals surface area contributed by atoms with Gasteiger partial charge < -0.3 is 10.2 Å². The Bertz CT molecular complexity index is 466. The minimum absolute atomic E-state index is 0.189. The fraction of sp³-hybridized carbons (Fsp3) is 0.500. The topological polar surface area (TPSA) is 133 Å². The van der Waals surface area contributed by atoms with E-state index < -0.39 is 23.8 Å². The zero-order valence-corrected chi connectivity index (χ0v) is 11.0. The Hall–Kier alpha value is -2.56. The van der Waals surface area contributed by atoms with E-state index in [0.29, 0.717) is 0 Å². The van der Waals surface area contributed by atoms with E-state index in [1.165, 1.54) is 26.0 Å². The van der Waals surface area contributed by atoms with Crippen LogP contribution >= 0.6 is 0 Å². The Morgan fingerprint density at radius 3 is 1.40 bits per heavy atom. The quantitative estimate of drug-likeness (QED) is 0.376. The maximum absolute atomic E-state index is 11.3. The second-order valence-electron chi connectivity index (χ2n) is 4.10. The van der Waals surface area contributed by atoms with Gasteiger partial charge in [0.15, 0.2) is 0 Å². The average molecular weight is 282 g/mol. The van der Waals surface area contributed by atoms with Gasteiger partial charge in [-0.05, 0) is 0 Å². The second kappa shape index (κ2) is 8.53. The number of aliphatic carboxylic acids is 2. The van der Waals surface area contributed by atoms with Crippen LogP contribution in [0.15, 0.2) is 21.1 Å². The predicted molar refractivity (Wildman–Crippen MR) is 66.6 cm³/mol. The lowest BCUT2D eigenvalue weighted by molar-refractivity contribution is -0.136. The molecule has 0 rings (SSSR count). The number of aliphatic imine (C=N–C) groups is 2. The Kier molecular flexibility index (Phi) is 7.43. The van der Waals surface area contributed by atoms with E-state index >= 15 is 0 Å². The molecule has 8 nitrogen and oxygen atoms in total. The van der Waals surface area contributed by atoms with Crippen molar-refractivity contribution in [2.45, 2.75) is 13.8 Å². The molecule has 0 spiro atoms.